The highest BCUT2D eigenvalue weighted by Crippen LogP contribution is 2.29. The number of aliphatic hydroxyl groups is 1. The monoisotopic (exact) mass is 291 g/mol. The molecule has 2 saturated heterocycles. The van der Waals surface area contributed by atoms with Crippen LogP contribution in [-0.2, 0) is 4.74 Å². The Morgan fingerprint density at radius 1 is 1.19 bits per heavy atom. The lowest BCUT2D eigenvalue weighted by atomic mass is 9.89. The number of rotatable bonds is 3. The summed E-state index contributed by atoms with van der Waals surface area (Å²) in [5.41, 5.74) is -0.813. The second kappa shape index (κ2) is 6.34. The zero-order valence-electron chi connectivity index (χ0n) is 12.7. The molecule has 3 rings (SSSR count). The van der Waals surface area contributed by atoms with Crippen LogP contribution in [0.15, 0.2) is 30.3 Å². The van der Waals surface area contributed by atoms with Gasteiger partial charge in [0.05, 0.1) is 0 Å². The normalized spacial score (nSPS) is 32.0. The van der Waals surface area contributed by atoms with Crippen LogP contribution in [0.4, 0.5) is 0 Å². The van der Waals surface area contributed by atoms with Crippen LogP contribution in [0.25, 0.3) is 0 Å². The van der Waals surface area contributed by atoms with Crippen LogP contribution in [-0.4, -0.2) is 54.1 Å². The van der Waals surface area contributed by atoms with Gasteiger partial charge in [-0.3, -0.25) is 4.90 Å². The summed E-state index contributed by atoms with van der Waals surface area (Å²) in [6.45, 7) is 5.24. The third-order valence-electron chi connectivity index (χ3n) is 4.62. The molecule has 1 N–H and O–H groups in total. The molecule has 2 atom stereocenters. The number of ether oxygens (including phenoxy) is 2. The van der Waals surface area contributed by atoms with Crippen LogP contribution in [0.3, 0.4) is 0 Å². The molecule has 2 fully saturated rings. The molecule has 2 aliphatic heterocycles. The van der Waals surface area contributed by atoms with Crippen LogP contribution >= 0.6 is 0 Å². The van der Waals surface area contributed by atoms with Gasteiger partial charge in [-0.25, -0.2) is 0 Å². The zero-order chi connectivity index (χ0) is 14.7. The maximum Gasteiger partial charge on any atom is 0.129 e. The molecule has 0 aromatic heterocycles. The van der Waals surface area contributed by atoms with E-state index in [1.807, 2.05) is 37.3 Å². The van der Waals surface area contributed by atoms with Gasteiger partial charge in [0, 0.05) is 32.3 Å². The van der Waals surface area contributed by atoms with Gasteiger partial charge in [-0.15, -0.1) is 0 Å². The summed E-state index contributed by atoms with van der Waals surface area (Å²) >= 11 is 0. The predicted molar refractivity (Wildman–Crippen MR) is 81.5 cm³/mol. The van der Waals surface area contributed by atoms with Crippen molar-refractivity contribution >= 4 is 0 Å². The topological polar surface area (TPSA) is 41.9 Å². The lowest BCUT2D eigenvalue weighted by molar-refractivity contribution is -0.113. The number of hydrogen-bond donors (Lipinski definition) is 1. The van der Waals surface area contributed by atoms with Gasteiger partial charge >= 0.3 is 0 Å². The fraction of sp³-hybridized carbons (Fsp3) is 0.647. The molecule has 0 bridgehead atoms. The molecule has 2 aliphatic rings. The molecule has 1 aromatic rings. The largest absolute Gasteiger partial charge is 0.487 e. The molecule has 1 aromatic carbocycles. The highest BCUT2D eigenvalue weighted by atomic mass is 16.5. The zero-order valence-corrected chi connectivity index (χ0v) is 12.7. The van der Waals surface area contributed by atoms with E-state index in [2.05, 4.69) is 4.90 Å². The second-order valence-corrected chi connectivity index (χ2v) is 6.38. The minimum Gasteiger partial charge on any atom is -0.487 e. The van der Waals surface area contributed by atoms with Crippen molar-refractivity contribution in [2.24, 2.45) is 0 Å². The van der Waals surface area contributed by atoms with Crippen molar-refractivity contribution in [1.29, 1.82) is 0 Å². The van der Waals surface area contributed by atoms with E-state index in [0.29, 0.717) is 12.6 Å². The molecular weight excluding hydrogens is 266 g/mol. The fourth-order valence-corrected chi connectivity index (χ4v) is 3.40. The molecular formula is C17H25NO3. The number of hydrogen-bond acceptors (Lipinski definition) is 4. The first kappa shape index (κ1) is 14.8. The molecule has 0 amide bonds. The SMILES string of the molecule is C[C@]1(O)CN(C2CCOCC2)CC[C@@H]1Oc1ccccc1. The van der Waals surface area contributed by atoms with E-state index in [9.17, 15) is 5.11 Å². The molecule has 116 valence electrons. The smallest absolute Gasteiger partial charge is 0.129 e. The van der Waals surface area contributed by atoms with Crippen molar-refractivity contribution < 1.29 is 14.6 Å². The van der Waals surface area contributed by atoms with Crippen LogP contribution in [0.5, 0.6) is 5.75 Å². The van der Waals surface area contributed by atoms with Gasteiger partial charge in [0.15, 0.2) is 0 Å². The number of β-amino-alcohol motifs (C(OH)–C–C–N with tert-alkyl or cyclic N) is 1. The number of likely N-dealkylation sites (tertiary alicyclic amines) is 1. The van der Waals surface area contributed by atoms with E-state index in [1.54, 1.807) is 0 Å². The fourth-order valence-electron chi connectivity index (χ4n) is 3.40. The standard InChI is InChI=1S/C17H25NO3/c1-17(19)13-18(14-8-11-20-12-9-14)10-7-16(17)21-15-5-3-2-4-6-15/h2-6,14,16,19H,7-13H2,1H3/t16-,17-/m0/s1. The Balaban J connectivity index is 1.61. The molecule has 21 heavy (non-hydrogen) atoms. The summed E-state index contributed by atoms with van der Waals surface area (Å²) in [5, 5.41) is 10.8. The lowest BCUT2D eigenvalue weighted by Crippen LogP contribution is -2.59. The summed E-state index contributed by atoms with van der Waals surface area (Å²) in [5.74, 6) is 0.835. The maximum absolute atomic E-state index is 10.8. The summed E-state index contributed by atoms with van der Waals surface area (Å²) in [7, 11) is 0. The van der Waals surface area contributed by atoms with E-state index in [4.69, 9.17) is 9.47 Å². The van der Waals surface area contributed by atoms with Gasteiger partial charge in [0.25, 0.3) is 0 Å². The van der Waals surface area contributed by atoms with Crippen LogP contribution in [0.1, 0.15) is 26.2 Å². The number of nitrogens with zero attached hydrogens (tertiary/aromatic N) is 1. The van der Waals surface area contributed by atoms with E-state index in [-0.39, 0.29) is 6.10 Å². The van der Waals surface area contributed by atoms with E-state index < -0.39 is 5.60 Å². The Labute approximate surface area is 126 Å². The molecule has 2 heterocycles. The van der Waals surface area contributed by atoms with Crippen molar-refractivity contribution in [1.82, 2.24) is 4.90 Å². The quantitative estimate of drug-likeness (QED) is 0.926. The van der Waals surface area contributed by atoms with Crippen LogP contribution in [0, 0.1) is 0 Å². The van der Waals surface area contributed by atoms with E-state index >= 15 is 0 Å². The molecule has 0 spiro atoms. The van der Waals surface area contributed by atoms with E-state index in [1.165, 1.54) is 0 Å². The van der Waals surface area contributed by atoms with Crippen LogP contribution < -0.4 is 4.74 Å². The minimum atomic E-state index is -0.813. The number of piperidine rings is 1. The Bertz CT molecular complexity index is 443. The Hall–Kier alpha value is -1.10. The van der Waals surface area contributed by atoms with Crippen molar-refractivity contribution in [2.45, 2.75) is 43.9 Å². The van der Waals surface area contributed by atoms with Crippen molar-refractivity contribution in [2.75, 3.05) is 26.3 Å². The third kappa shape index (κ3) is 3.57. The van der Waals surface area contributed by atoms with Gasteiger partial charge in [-0.05, 0) is 38.3 Å². The first-order chi connectivity index (χ1) is 10.1. The van der Waals surface area contributed by atoms with Crippen LogP contribution in [0.2, 0.25) is 0 Å². The first-order valence-corrected chi connectivity index (χ1v) is 7.91. The number of benzene rings is 1. The summed E-state index contributed by atoms with van der Waals surface area (Å²) in [4.78, 5) is 2.41. The van der Waals surface area contributed by atoms with Gasteiger partial charge in [0.2, 0.25) is 0 Å². The summed E-state index contributed by atoms with van der Waals surface area (Å²) < 4.78 is 11.4. The molecule has 0 aliphatic carbocycles. The third-order valence-corrected chi connectivity index (χ3v) is 4.62. The molecule has 0 saturated carbocycles. The average Bonchev–Trinajstić information content (AvgIpc) is 2.51. The van der Waals surface area contributed by atoms with Gasteiger partial charge in [-0.1, -0.05) is 18.2 Å². The lowest BCUT2D eigenvalue weighted by Gasteiger charge is -2.46. The van der Waals surface area contributed by atoms with Crippen molar-refractivity contribution in [3.05, 3.63) is 30.3 Å². The Kier molecular flexibility index (Phi) is 4.48. The predicted octanol–water partition coefficient (Wildman–Crippen LogP) is 2.07. The molecule has 4 heteroatoms. The maximum atomic E-state index is 10.8. The molecule has 0 radical (unpaired) electrons. The van der Waals surface area contributed by atoms with Gasteiger partial charge in [0.1, 0.15) is 17.5 Å². The first-order valence-electron chi connectivity index (χ1n) is 7.91. The Morgan fingerprint density at radius 2 is 1.90 bits per heavy atom. The van der Waals surface area contributed by atoms with Crippen molar-refractivity contribution in [3.63, 3.8) is 0 Å². The Morgan fingerprint density at radius 3 is 2.57 bits per heavy atom. The van der Waals surface area contributed by atoms with Crippen molar-refractivity contribution in [3.8, 4) is 5.75 Å². The molecule has 0 unspecified atom stereocenters. The molecule has 4 nitrogen and oxygen atoms in total. The van der Waals surface area contributed by atoms with E-state index in [0.717, 1.165) is 44.8 Å². The highest BCUT2D eigenvalue weighted by molar-refractivity contribution is 5.22. The number of para-hydroxylation sites is 1. The minimum absolute atomic E-state index is 0.143. The summed E-state index contributed by atoms with van der Waals surface area (Å²) in [6, 6.07) is 10.3. The highest BCUT2D eigenvalue weighted by Gasteiger charge is 2.41. The average molecular weight is 291 g/mol. The van der Waals surface area contributed by atoms with Gasteiger partial charge in [-0.2, -0.15) is 0 Å². The second-order valence-electron chi connectivity index (χ2n) is 6.38. The van der Waals surface area contributed by atoms with Gasteiger partial charge < -0.3 is 14.6 Å². The summed E-state index contributed by atoms with van der Waals surface area (Å²) in [6.07, 6.45) is 2.86.